The number of anilines is 1. The molecule has 0 spiro atoms. The molecule has 0 amide bonds. The van der Waals surface area contributed by atoms with Crippen molar-refractivity contribution in [3.63, 3.8) is 0 Å². The largest absolute Gasteiger partial charge is 0.364 e. The van der Waals surface area contributed by atoms with E-state index in [1.807, 2.05) is 0 Å². The van der Waals surface area contributed by atoms with Gasteiger partial charge in [-0.2, -0.15) is 9.61 Å². The lowest BCUT2D eigenvalue weighted by molar-refractivity contribution is 0.876. The molecule has 0 bridgehead atoms. The summed E-state index contributed by atoms with van der Waals surface area (Å²) in [5.74, 6) is 0.650. The summed E-state index contributed by atoms with van der Waals surface area (Å²) in [6.07, 6.45) is 0. The number of fused-ring (bicyclic) bond motifs is 1. The van der Waals surface area contributed by atoms with E-state index in [4.69, 9.17) is 0 Å². The van der Waals surface area contributed by atoms with Crippen molar-refractivity contribution in [1.82, 2.24) is 19.8 Å². The molecule has 0 aromatic carbocycles. The first kappa shape index (κ1) is 11.0. The maximum absolute atomic E-state index is 11.4. The van der Waals surface area contributed by atoms with E-state index >= 15 is 0 Å². The van der Waals surface area contributed by atoms with Crippen LogP contribution in [0.15, 0.2) is 29.1 Å². The van der Waals surface area contributed by atoms with Gasteiger partial charge in [0.1, 0.15) is 5.82 Å². The van der Waals surface area contributed by atoms with Crippen LogP contribution in [-0.4, -0.2) is 19.8 Å². The van der Waals surface area contributed by atoms with E-state index in [1.54, 1.807) is 23.5 Å². The third-order valence-corrected chi connectivity index (χ3v) is 3.51. The first-order valence-corrected chi connectivity index (χ1v) is 6.28. The first-order valence-electron chi connectivity index (χ1n) is 5.46. The van der Waals surface area contributed by atoms with Crippen LogP contribution in [0, 0.1) is 6.92 Å². The Morgan fingerprint density at radius 2 is 2.28 bits per heavy atom. The molecular formula is C11H11N5OS. The quantitative estimate of drug-likeness (QED) is 0.747. The van der Waals surface area contributed by atoms with Gasteiger partial charge < -0.3 is 5.32 Å². The molecule has 0 radical (unpaired) electrons. The summed E-state index contributed by atoms with van der Waals surface area (Å²) in [6.45, 7) is 2.77. The Bertz CT molecular complexity index is 741. The Kier molecular flexibility index (Phi) is 2.60. The summed E-state index contributed by atoms with van der Waals surface area (Å²) in [6, 6.07) is 7.71. The first-order chi connectivity index (χ1) is 8.72. The molecule has 2 N–H and O–H groups in total. The third kappa shape index (κ3) is 2.00. The summed E-state index contributed by atoms with van der Waals surface area (Å²) in [5.41, 5.74) is 0.179. The molecule has 3 heterocycles. The van der Waals surface area contributed by atoms with Crippen molar-refractivity contribution >= 4 is 22.8 Å². The number of hydrogen-bond acceptors (Lipinski definition) is 5. The maximum atomic E-state index is 11.4. The molecule has 0 saturated carbocycles. The molecule has 0 atom stereocenters. The lowest BCUT2D eigenvalue weighted by Gasteiger charge is -2.03. The van der Waals surface area contributed by atoms with Crippen LogP contribution in [-0.2, 0) is 6.54 Å². The molecule has 6 nitrogen and oxygen atoms in total. The summed E-state index contributed by atoms with van der Waals surface area (Å²) in [7, 11) is 0. The second-order valence-corrected chi connectivity index (χ2v) is 5.26. The predicted octanol–water partition coefficient (Wildman–Crippen LogP) is 1.40. The van der Waals surface area contributed by atoms with E-state index in [9.17, 15) is 4.79 Å². The molecule has 18 heavy (non-hydrogen) atoms. The minimum Gasteiger partial charge on any atom is -0.364 e. The van der Waals surface area contributed by atoms with E-state index in [-0.39, 0.29) is 5.69 Å². The molecule has 92 valence electrons. The number of hydrogen-bond donors (Lipinski definition) is 2. The van der Waals surface area contributed by atoms with Crippen LogP contribution in [0.4, 0.5) is 5.82 Å². The van der Waals surface area contributed by atoms with E-state index in [0.29, 0.717) is 18.0 Å². The average Bonchev–Trinajstić information content (AvgIpc) is 2.94. The topological polar surface area (TPSA) is 75.1 Å². The zero-order chi connectivity index (χ0) is 12.5. The predicted molar refractivity (Wildman–Crippen MR) is 70.0 cm³/mol. The number of aromatic nitrogens is 4. The number of nitrogens with zero attached hydrogens (tertiary/aromatic N) is 3. The number of aromatic amines is 1. The highest BCUT2D eigenvalue weighted by molar-refractivity contribution is 7.11. The van der Waals surface area contributed by atoms with Gasteiger partial charge in [-0.15, -0.1) is 16.4 Å². The Morgan fingerprint density at radius 1 is 1.39 bits per heavy atom. The van der Waals surface area contributed by atoms with Gasteiger partial charge in [-0.25, -0.2) is 9.89 Å². The SMILES string of the molecule is Cc1ccc(CNc2ccc3n[nH]c(=O)n3n2)s1. The van der Waals surface area contributed by atoms with Crippen LogP contribution in [0.3, 0.4) is 0 Å². The standard InChI is InChI=1S/C11H11N5OS/c1-7-2-3-8(18-7)6-12-9-4-5-10-13-14-11(17)16(10)15-9/h2-5H,6H2,1H3,(H,12,15)(H,14,17). The Labute approximate surface area is 106 Å². The highest BCUT2D eigenvalue weighted by atomic mass is 32.1. The summed E-state index contributed by atoms with van der Waals surface area (Å²) in [5, 5.41) is 13.5. The van der Waals surface area contributed by atoms with Gasteiger partial charge in [0, 0.05) is 9.75 Å². The monoisotopic (exact) mass is 261 g/mol. The minimum atomic E-state index is -0.333. The van der Waals surface area contributed by atoms with Gasteiger partial charge >= 0.3 is 5.69 Å². The molecule has 7 heteroatoms. The van der Waals surface area contributed by atoms with Crippen LogP contribution >= 0.6 is 11.3 Å². The van der Waals surface area contributed by atoms with Gasteiger partial charge in [-0.1, -0.05) is 0 Å². The van der Waals surface area contributed by atoms with Crippen LogP contribution in [0.5, 0.6) is 0 Å². The van der Waals surface area contributed by atoms with Crippen LogP contribution in [0.2, 0.25) is 0 Å². The average molecular weight is 261 g/mol. The van der Waals surface area contributed by atoms with Gasteiger partial charge in [0.05, 0.1) is 6.54 Å². The van der Waals surface area contributed by atoms with Crippen molar-refractivity contribution in [2.45, 2.75) is 13.5 Å². The van der Waals surface area contributed by atoms with E-state index in [0.717, 1.165) is 0 Å². The number of aryl methyl sites for hydroxylation is 1. The van der Waals surface area contributed by atoms with Crippen molar-refractivity contribution in [3.05, 3.63) is 44.5 Å². The number of nitrogens with one attached hydrogen (secondary N) is 2. The van der Waals surface area contributed by atoms with Crippen molar-refractivity contribution in [2.24, 2.45) is 0 Å². The summed E-state index contributed by atoms with van der Waals surface area (Å²) < 4.78 is 1.24. The lowest BCUT2D eigenvalue weighted by atomic mass is 10.4. The van der Waals surface area contributed by atoms with Crippen LogP contribution in [0.1, 0.15) is 9.75 Å². The van der Waals surface area contributed by atoms with E-state index < -0.39 is 0 Å². The molecule has 0 fully saturated rings. The molecular weight excluding hydrogens is 250 g/mol. The molecule has 3 aromatic heterocycles. The molecule has 0 saturated heterocycles. The minimum absolute atomic E-state index is 0.333. The lowest BCUT2D eigenvalue weighted by Crippen LogP contribution is -2.13. The van der Waals surface area contributed by atoms with Crippen molar-refractivity contribution in [3.8, 4) is 0 Å². The fraction of sp³-hybridized carbons (Fsp3) is 0.182. The molecule has 0 unspecified atom stereocenters. The zero-order valence-corrected chi connectivity index (χ0v) is 10.5. The van der Waals surface area contributed by atoms with Gasteiger partial charge in [-0.3, -0.25) is 0 Å². The van der Waals surface area contributed by atoms with Crippen molar-refractivity contribution < 1.29 is 0 Å². The summed E-state index contributed by atoms with van der Waals surface area (Å²) >= 11 is 1.74. The Morgan fingerprint density at radius 3 is 3.06 bits per heavy atom. The van der Waals surface area contributed by atoms with Gasteiger partial charge in [0.2, 0.25) is 0 Å². The Balaban J connectivity index is 1.82. The van der Waals surface area contributed by atoms with E-state index in [1.165, 1.54) is 14.3 Å². The molecule has 3 rings (SSSR count). The van der Waals surface area contributed by atoms with Gasteiger partial charge in [-0.05, 0) is 31.2 Å². The van der Waals surface area contributed by atoms with Crippen LogP contribution in [0.25, 0.3) is 5.65 Å². The zero-order valence-electron chi connectivity index (χ0n) is 9.67. The second-order valence-electron chi connectivity index (χ2n) is 3.88. The highest BCUT2D eigenvalue weighted by Gasteiger charge is 2.03. The Hall–Kier alpha value is -2.15. The smallest absolute Gasteiger partial charge is 0.364 e. The van der Waals surface area contributed by atoms with Gasteiger partial charge in [0.25, 0.3) is 0 Å². The summed E-state index contributed by atoms with van der Waals surface area (Å²) in [4.78, 5) is 13.9. The normalized spacial score (nSPS) is 10.9. The third-order valence-electron chi connectivity index (χ3n) is 2.51. The number of H-pyrrole nitrogens is 1. The molecule has 3 aromatic rings. The van der Waals surface area contributed by atoms with Crippen LogP contribution < -0.4 is 11.0 Å². The fourth-order valence-corrected chi connectivity index (χ4v) is 2.49. The number of rotatable bonds is 3. The molecule has 0 aliphatic heterocycles. The van der Waals surface area contributed by atoms with Crippen molar-refractivity contribution in [2.75, 3.05) is 5.32 Å². The van der Waals surface area contributed by atoms with Crippen molar-refractivity contribution in [1.29, 1.82) is 0 Å². The van der Waals surface area contributed by atoms with E-state index in [2.05, 4.69) is 39.7 Å². The number of thiophene rings is 1. The molecule has 0 aliphatic carbocycles. The fourth-order valence-electron chi connectivity index (χ4n) is 1.65. The van der Waals surface area contributed by atoms with Gasteiger partial charge in [0.15, 0.2) is 5.65 Å². The second kappa shape index (κ2) is 4.26. The maximum Gasteiger partial charge on any atom is 0.364 e. The highest BCUT2D eigenvalue weighted by Crippen LogP contribution is 2.16. The molecule has 0 aliphatic rings.